The zero-order valence-electron chi connectivity index (χ0n) is 11.4. The lowest BCUT2D eigenvalue weighted by Crippen LogP contribution is -2.21. The van der Waals surface area contributed by atoms with Gasteiger partial charge in [0, 0.05) is 36.4 Å². The molecule has 1 aromatic carbocycles. The molecule has 0 fully saturated rings. The van der Waals surface area contributed by atoms with Crippen LogP contribution < -0.4 is 10.1 Å². The Morgan fingerprint density at radius 3 is 2.84 bits per heavy atom. The normalized spacial score (nSPS) is 12.4. The van der Waals surface area contributed by atoms with E-state index in [1.165, 1.54) is 0 Å². The van der Waals surface area contributed by atoms with Crippen LogP contribution in [-0.4, -0.2) is 16.9 Å². The molecule has 0 aliphatic heterocycles. The second-order valence-electron chi connectivity index (χ2n) is 4.40. The molecule has 0 saturated carbocycles. The van der Waals surface area contributed by atoms with Crippen molar-refractivity contribution in [3.63, 3.8) is 0 Å². The number of hydrogen-bond donors (Lipinski definition) is 1. The Labute approximate surface area is 118 Å². The second kappa shape index (κ2) is 6.08. The highest BCUT2D eigenvalue weighted by atomic mass is 35.5. The summed E-state index contributed by atoms with van der Waals surface area (Å²) in [6.45, 7) is 2.75. The van der Waals surface area contributed by atoms with E-state index in [1.54, 1.807) is 13.3 Å². The van der Waals surface area contributed by atoms with Gasteiger partial charge in [-0.2, -0.15) is 5.10 Å². The SMILES string of the molecule is COc1cccc(Cl)c1CNC(C)c1ccnn1C. The van der Waals surface area contributed by atoms with Crippen LogP contribution in [-0.2, 0) is 13.6 Å². The van der Waals surface area contributed by atoms with Gasteiger partial charge in [-0.15, -0.1) is 0 Å². The van der Waals surface area contributed by atoms with E-state index in [-0.39, 0.29) is 6.04 Å². The van der Waals surface area contributed by atoms with Crippen molar-refractivity contribution in [1.29, 1.82) is 0 Å². The van der Waals surface area contributed by atoms with Gasteiger partial charge in [0.15, 0.2) is 0 Å². The Bertz CT molecular complexity index is 553. The molecule has 1 heterocycles. The lowest BCUT2D eigenvalue weighted by atomic mass is 10.1. The highest BCUT2D eigenvalue weighted by Gasteiger charge is 2.12. The molecule has 0 aliphatic rings. The highest BCUT2D eigenvalue weighted by molar-refractivity contribution is 6.31. The van der Waals surface area contributed by atoms with Gasteiger partial charge in [0.05, 0.1) is 12.8 Å². The smallest absolute Gasteiger partial charge is 0.124 e. The topological polar surface area (TPSA) is 39.1 Å². The van der Waals surface area contributed by atoms with E-state index in [1.807, 2.05) is 36.0 Å². The summed E-state index contributed by atoms with van der Waals surface area (Å²) in [5.41, 5.74) is 2.10. The van der Waals surface area contributed by atoms with Crippen molar-refractivity contribution in [2.24, 2.45) is 7.05 Å². The van der Waals surface area contributed by atoms with E-state index >= 15 is 0 Å². The van der Waals surface area contributed by atoms with Crippen LogP contribution in [0.4, 0.5) is 0 Å². The third-order valence-corrected chi connectivity index (χ3v) is 3.54. The molecule has 1 atom stereocenters. The maximum Gasteiger partial charge on any atom is 0.124 e. The van der Waals surface area contributed by atoms with Crippen LogP contribution in [0, 0.1) is 0 Å². The number of ether oxygens (including phenoxy) is 1. The van der Waals surface area contributed by atoms with Gasteiger partial charge in [0.2, 0.25) is 0 Å². The van der Waals surface area contributed by atoms with E-state index in [4.69, 9.17) is 16.3 Å². The van der Waals surface area contributed by atoms with Gasteiger partial charge >= 0.3 is 0 Å². The Hall–Kier alpha value is -1.52. The number of methoxy groups -OCH3 is 1. The molecule has 19 heavy (non-hydrogen) atoms. The molecular weight excluding hydrogens is 262 g/mol. The first-order chi connectivity index (χ1) is 9.13. The number of hydrogen-bond acceptors (Lipinski definition) is 3. The molecule has 4 nitrogen and oxygen atoms in total. The zero-order valence-corrected chi connectivity index (χ0v) is 12.1. The van der Waals surface area contributed by atoms with Crippen molar-refractivity contribution < 1.29 is 4.74 Å². The fourth-order valence-corrected chi connectivity index (χ4v) is 2.30. The third-order valence-electron chi connectivity index (χ3n) is 3.18. The summed E-state index contributed by atoms with van der Waals surface area (Å²) in [6.07, 6.45) is 1.80. The van der Waals surface area contributed by atoms with Crippen molar-refractivity contribution in [2.45, 2.75) is 19.5 Å². The number of nitrogens with zero attached hydrogens (tertiary/aromatic N) is 2. The molecule has 1 N–H and O–H groups in total. The molecule has 0 radical (unpaired) electrons. The fourth-order valence-electron chi connectivity index (χ4n) is 2.07. The summed E-state index contributed by atoms with van der Waals surface area (Å²) in [4.78, 5) is 0. The predicted molar refractivity (Wildman–Crippen MR) is 76.5 cm³/mol. The van der Waals surface area contributed by atoms with Crippen LogP contribution in [0.25, 0.3) is 0 Å². The molecule has 0 bridgehead atoms. The largest absolute Gasteiger partial charge is 0.496 e. The van der Waals surface area contributed by atoms with E-state index in [0.29, 0.717) is 11.6 Å². The first kappa shape index (κ1) is 13.9. The second-order valence-corrected chi connectivity index (χ2v) is 4.81. The first-order valence-corrected chi connectivity index (χ1v) is 6.54. The third kappa shape index (κ3) is 3.08. The average Bonchev–Trinajstić information content (AvgIpc) is 2.83. The number of nitrogens with one attached hydrogen (secondary N) is 1. The number of aryl methyl sites for hydroxylation is 1. The summed E-state index contributed by atoms with van der Waals surface area (Å²) in [5.74, 6) is 0.803. The van der Waals surface area contributed by atoms with Crippen LogP contribution >= 0.6 is 11.6 Å². The van der Waals surface area contributed by atoms with Crippen LogP contribution in [0.1, 0.15) is 24.2 Å². The molecule has 1 unspecified atom stereocenters. The van der Waals surface area contributed by atoms with Gasteiger partial charge in [-0.25, -0.2) is 0 Å². The van der Waals surface area contributed by atoms with Crippen molar-refractivity contribution in [3.8, 4) is 5.75 Å². The van der Waals surface area contributed by atoms with E-state index in [9.17, 15) is 0 Å². The molecule has 0 spiro atoms. The molecule has 102 valence electrons. The predicted octanol–water partition coefficient (Wildman–Crippen LogP) is 2.93. The maximum absolute atomic E-state index is 6.21. The highest BCUT2D eigenvalue weighted by Crippen LogP contribution is 2.26. The zero-order chi connectivity index (χ0) is 13.8. The van der Waals surface area contributed by atoms with Gasteiger partial charge in [-0.1, -0.05) is 17.7 Å². The minimum Gasteiger partial charge on any atom is -0.496 e. The average molecular weight is 280 g/mol. The monoisotopic (exact) mass is 279 g/mol. The van der Waals surface area contributed by atoms with Crippen LogP contribution in [0.15, 0.2) is 30.5 Å². The molecule has 5 heteroatoms. The Morgan fingerprint density at radius 2 is 2.21 bits per heavy atom. The Balaban J connectivity index is 2.09. The van der Waals surface area contributed by atoms with Crippen molar-refractivity contribution in [3.05, 3.63) is 46.7 Å². The number of rotatable bonds is 5. The minimum atomic E-state index is 0.188. The van der Waals surface area contributed by atoms with Gasteiger partial charge < -0.3 is 10.1 Å². The van der Waals surface area contributed by atoms with Gasteiger partial charge in [-0.05, 0) is 25.1 Å². The summed E-state index contributed by atoms with van der Waals surface area (Å²) in [7, 11) is 3.59. The molecule has 2 aromatic rings. The Kier molecular flexibility index (Phi) is 4.45. The standard InChI is InChI=1S/C14H18ClN3O/c1-10(13-7-8-17-18(13)2)16-9-11-12(15)5-4-6-14(11)19-3/h4-8,10,16H,9H2,1-3H3. The lowest BCUT2D eigenvalue weighted by molar-refractivity contribution is 0.405. The number of aromatic nitrogens is 2. The lowest BCUT2D eigenvalue weighted by Gasteiger charge is -2.16. The molecule has 0 saturated heterocycles. The van der Waals surface area contributed by atoms with Crippen molar-refractivity contribution in [1.82, 2.24) is 15.1 Å². The number of halogens is 1. The van der Waals surface area contributed by atoms with E-state index in [2.05, 4.69) is 17.3 Å². The molecule has 0 amide bonds. The van der Waals surface area contributed by atoms with Gasteiger partial charge in [0.1, 0.15) is 5.75 Å². The Morgan fingerprint density at radius 1 is 1.42 bits per heavy atom. The molecule has 1 aromatic heterocycles. The van der Waals surface area contributed by atoms with Crippen LogP contribution in [0.3, 0.4) is 0 Å². The van der Waals surface area contributed by atoms with Crippen LogP contribution in [0.5, 0.6) is 5.75 Å². The van der Waals surface area contributed by atoms with Crippen molar-refractivity contribution >= 4 is 11.6 Å². The molecule has 2 rings (SSSR count). The quantitative estimate of drug-likeness (QED) is 0.915. The van der Waals surface area contributed by atoms with Crippen LogP contribution in [0.2, 0.25) is 5.02 Å². The molecule has 0 aliphatic carbocycles. The first-order valence-electron chi connectivity index (χ1n) is 6.16. The van der Waals surface area contributed by atoms with Crippen molar-refractivity contribution in [2.75, 3.05) is 7.11 Å². The van der Waals surface area contributed by atoms with Gasteiger partial charge in [-0.3, -0.25) is 4.68 Å². The maximum atomic E-state index is 6.21. The summed E-state index contributed by atoms with van der Waals surface area (Å²) in [5, 5.41) is 8.31. The number of benzene rings is 1. The summed E-state index contributed by atoms with van der Waals surface area (Å²) in [6, 6.07) is 7.86. The van der Waals surface area contributed by atoms with Gasteiger partial charge in [0.25, 0.3) is 0 Å². The minimum absolute atomic E-state index is 0.188. The summed E-state index contributed by atoms with van der Waals surface area (Å²) >= 11 is 6.21. The van der Waals surface area contributed by atoms with E-state index in [0.717, 1.165) is 17.0 Å². The molecular formula is C14H18ClN3O. The summed E-state index contributed by atoms with van der Waals surface area (Å²) < 4.78 is 7.19. The fraction of sp³-hybridized carbons (Fsp3) is 0.357. The van der Waals surface area contributed by atoms with E-state index < -0.39 is 0 Å².